The Labute approximate surface area is 67.8 Å². The van der Waals surface area contributed by atoms with Crippen molar-refractivity contribution in [3.63, 3.8) is 0 Å². The lowest BCUT2D eigenvalue weighted by Crippen LogP contribution is -1.63. The van der Waals surface area contributed by atoms with E-state index in [2.05, 4.69) is 0 Å². The van der Waals surface area contributed by atoms with E-state index in [0.717, 1.165) is 3.57 Å². The van der Waals surface area contributed by atoms with Crippen LogP contribution >= 0.6 is 21.2 Å². The maximum absolute atomic E-state index is 10.2. The number of halogens is 3. The third-order valence-electron chi connectivity index (χ3n) is 0.822. The molecule has 0 aliphatic carbocycles. The van der Waals surface area contributed by atoms with Crippen LogP contribution in [-0.4, -0.2) is 0 Å². The van der Waals surface area contributed by atoms with E-state index in [1.54, 1.807) is 0 Å². The van der Waals surface area contributed by atoms with Crippen LogP contribution in [0.2, 0.25) is 0 Å². The van der Waals surface area contributed by atoms with E-state index >= 15 is 0 Å². The van der Waals surface area contributed by atoms with E-state index in [-0.39, 0.29) is 9.41 Å². The molecule has 0 saturated carbocycles. The lowest BCUT2D eigenvalue weighted by atomic mass is 10.4. The molecule has 0 atom stereocenters. The summed E-state index contributed by atoms with van der Waals surface area (Å²) in [6.45, 7) is 0. The van der Waals surface area contributed by atoms with Gasteiger partial charge in [-0.15, -0.1) is 0 Å². The van der Waals surface area contributed by atoms with Gasteiger partial charge in [0.25, 0.3) is 0 Å². The minimum atomic E-state index is -0.941. The van der Waals surface area contributed by atoms with Crippen molar-refractivity contribution in [3.8, 4) is 0 Å². The summed E-state index contributed by atoms with van der Waals surface area (Å²) in [7, 11) is 0. The Morgan fingerprint density at radius 3 is 1.80 bits per heavy atom. The maximum Gasteiger partial charge on any atom is 0.182 e. The topological polar surface area (TPSA) is 17.1 Å². The fourth-order valence-electron chi connectivity index (χ4n) is 0.466. The van der Waals surface area contributed by atoms with E-state index in [1.807, 2.05) is 30.3 Å². The zero-order chi connectivity index (χ0) is 5.82. The molecule has 0 fully saturated rings. The Kier molecular flexibility index (Phi) is 8.27. The minimum Gasteiger partial charge on any atom is -0.269 e. The standard InChI is InChI=1S/C6H5IO.2FH/c8-7-6-4-2-1-3-5-6;;/h1-5H;2*1H. The highest BCUT2D eigenvalue weighted by Gasteiger charge is 1.81. The molecule has 0 aliphatic heterocycles. The highest BCUT2D eigenvalue weighted by atomic mass is 127. The van der Waals surface area contributed by atoms with E-state index in [4.69, 9.17) is 0 Å². The highest BCUT2D eigenvalue weighted by Crippen LogP contribution is 2.06. The second-order valence-electron chi connectivity index (χ2n) is 1.37. The Hall–Kier alpha value is -0.390. The van der Waals surface area contributed by atoms with Gasteiger partial charge in [-0.05, 0) is 12.1 Å². The van der Waals surface area contributed by atoms with Crippen LogP contribution in [-0.2, 0) is 3.07 Å². The molecule has 0 unspecified atom stereocenters. The highest BCUT2D eigenvalue weighted by molar-refractivity contribution is 14.1. The number of hydrogen-bond acceptors (Lipinski definition) is 1. The number of hydrogen-bond donors (Lipinski definition) is 0. The molecule has 0 saturated heterocycles. The molecule has 0 N–H and O–H groups in total. The van der Waals surface area contributed by atoms with Gasteiger partial charge in [0.15, 0.2) is 21.2 Å². The van der Waals surface area contributed by atoms with Gasteiger partial charge in [-0.25, -0.2) is 0 Å². The molecule has 1 nitrogen and oxygen atoms in total. The molecule has 1 aromatic rings. The first kappa shape index (κ1) is 12.3. The van der Waals surface area contributed by atoms with Gasteiger partial charge in [-0.2, -0.15) is 0 Å². The number of benzene rings is 1. The lowest BCUT2D eigenvalue weighted by Gasteiger charge is -1.80. The Balaban J connectivity index is 0. The predicted molar refractivity (Wildman–Crippen MR) is 44.9 cm³/mol. The summed E-state index contributed by atoms with van der Waals surface area (Å²) in [6.07, 6.45) is 0. The van der Waals surface area contributed by atoms with Crippen LogP contribution in [0.3, 0.4) is 0 Å². The molecule has 58 valence electrons. The van der Waals surface area contributed by atoms with Crippen LogP contribution in [0.15, 0.2) is 30.3 Å². The predicted octanol–water partition coefficient (Wildman–Crippen LogP) is 2.48. The Morgan fingerprint density at radius 2 is 1.50 bits per heavy atom. The van der Waals surface area contributed by atoms with Crippen LogP contribution in [0.25, 0.3) is 0 Å². The zero-order valence-corrected chi connectivity index (χ0v) is 7.15. The second kappa shape index (κ2) is 6.73. The summed E-state index contributed by atoms with van der Waals surface area (Å²) in [6, 6.07) is 9.46. The van der Waals surface area contributed by atoms with Crippen LogP contribution in [0.1, 0.15) is 0 Å². The van der Waals surface area contributed by atoms with Crippen LogP contribution in [0.4, 0.5) is 9.41 Å². The zero-order valence-electron chi connectivity index (χ0n) is 4.99. The molecule has 0 radical (unpaired) electrons. The quantitative estimate of drug-likeness (QED) is 0.709. The van der Waals surface area contributed by atoms with Crippen LogP contribution < -0.4 is 0 Å². The van der Waals surface area contributed by atoms with Crippen molar-refractivity contribution >= 4 is 21.2 Å². The van der Waals surface area contributed by atoms with Gasteiger partial charge in [0.05, 0.1) is 0 Å². The molecule has 0 amide bonds. The summed E-state index contributed by atoms with van der Waals surface area (Å²) in [4.78, 5) is 0. The first-order chi connectivity index (χ1) is 3.93. The van der Waals surface area contributed by atoms with Gasteiger partial charge < -0.3 is 0 Å². The molecular formula is C6H7F2IO. The van der Waals surface area contributed by atoms with E-state index in [1.165, 1.54) is 0 Å². The fraction of sp³-hybridized carbons (Fsp3) is 0. The van der Waals surface area contributed by atoms with Gasteiger partial charge >= 0.3 is 0 Å². The van der Waals surface area contributed by atoms with Crippen molar-refractivity contribution in [3.05, 3.63) is 33.9 Å². The van der Waals surface area contributed by atoms with Crippen molar-refractivity contribution in [2.45, 2.75) is 0 Å². The number of rotatable bonds is 1. The SMILES string of the molecule is F.F.O=Ic1ccccc1. The Bertz CT molecular complexity index is 178. The van der Waals surface area contributed by atoms with Crippen LogP contribution in [0, 0.1) is 3.57 Å². The summed E-state index contributed by atoms with van der Waals surface area (Å²) >= 11 is -0.941. The van der Waals surface area contributed by atoms with E-state index < -0.39 is 21.2 Å². The lowest BCUT2D eigenvalue weighted by molar-refractivity contribution is 0.648. The average molecular weight is 260 g/mol. The van der Waals surface area contributed by atoms with Gasteiger partial charge in [-0.3, -0.25) is 12.5 Å². The smallest absolute Gasteiger partial charge is 0.182 e. The normalized spacial score (nSPS) is 7.20. The molecule has 0 aromatic heterocycles. The molecule has 10 heavy (non-hydrogen) atoms. The first-order valence-electron chi connectivity index (χ1n) is 2.25. The van der Waals surface area contributed by atoms with Gasteiger partial charge in [0, 0.05) is 3.57 Å². The first-order valence-corrected chi connectivity index (χ1v) is 4.21. The second-order valence-corrected chi connectivity index (χ2v) is 3.06. The Morgan fingerprint density at radius 1 is 1.00 bits per heavy atom. The van der Waals surface area contributed by atoms with Gasteiger partial charge in [0.1, 0.15) is 0 Å². The molecular weight excluding hydrogens is 253 g/mol. The van der Waals surface area contributed by atoms with E-state index in [9.17, 15) is 3.07 Å². The molecule has 0 heterocycles. The van der Waals surface area contributed by atoms with E-state index in [0.29, 0.717) is 0 Å². The van der Waals surface area contributed by atoms with Crippen LogP contribution in [0.5, 0.6) is 0 Å². The van der Waals surface area contributed by atoms with Gasteiger partial charge in [-0.1, -0.05) is 18.2 Å². The van der Waals surface area contributed by atoms with Crippen molar-refractivity contribution < 1.29 is 12.5 Å². The van der Waals surface area contributed by atoms with Crippen molar-refractivity contribution in [2.24, 2.45) is 0 Å². The molecule has 0 aliphatic rings. The summed E-state index contributed by atoms with van der Waals surface area (Å²) in [5.74, 6) is 0. The molecule has 0 spiro atoms. The molecule has 4 heteroatoms. The fourth-order valence-corrected chi connectivity index (χ4v) is 1.17. The van der Waals surface area contributed by atoms with Crippen molar-refractivity contribution in [2.75, 3.05) is 0 Å². The third-order valence-corrected chi connectivity index (χ3v) is 2.05. The summed E-state index contributed by atoms with van der Waals surface area (Å²) in [5, 5.41) is 0. The van der Waals surface area contributed by atoms with Gasteiger partial charge in [0.2, 0.25) is 0 Å². The summed E-state index contributed by atoms with van der Waals surface area (Å²) in [5.41, 5.74) is 0. The maximum atomic E-state index is 10.2. The molecule has 1 aromatic carbocycles. The third kappa shape index (κ3) is 3.60. The average Bonchev–Trinajstić information content (AvgIpc) is 1.90. The molecule has 1 rings (SSSR count). The van der Waals surface area contributed by atoms with Crippen molar-refractivity contribution in [1.29, 1.82) is 0 Å². The largest absolute Gasteiger partial charge is 0.269 e. The monoisotopic (exact) mass is 260 g/mol. The molecule has 0 bridgehead atoms. The minimum absolute atomic E-state index is 0. The van der Waals surface area contributed by atoms with Crippen molar-refractivity contribution in [1.82, 2.24) is 0 Å². The summed E-state index contributed by atoms with van der Waals surface area (Å²) < 4.78 is 11.2.